The molecule has 1 N–H and O–H groups in total. The third kappa shape index (κ3) is 3.31. The molecule has 76 valence electrons. The molecule has 0 atom stereocenters. The second kappa shape index (κ2) is 6.03. The van der Waals surface area contributed by atoms with E-state index in [1.165, 1.54) is 0 Å². The van der Waals surface area contributed by atoms with Gasteiger partial charge in [-0.3, -0.25) is 4.79 Å². The van der Waals surface area contributed by atoms with Crippen molar-refractivity contribution < 1.29 is 4.79 Å². The van der Waals surface area contributed by atoms with E-state index in [2.05, 4.69) is 26.2 Å². The lowest BCUT2D eigenvalue weighted by atomic mass is 10.3. The maximum absolute atomic E-state index is 11.5. The highest BCUT2D eigenvalue weighted by Gasteiger charge is 2.09. The zero-order chi connectivity index (χ0) is 10.4. The van der Waals surface area contributed by atoms with Gasteiger partial charge in [0, 0.05) is 23.0 Å². The molecule has 0 aliphatic heterocycles. The number of nitrogens with one attached hydrogen (secondary N) is 1. The molecule has 1 rings (SSSR count). The Balaban J connectivity index is 2.56. The van der Waals surface area contributed by atoms with Crippen molar-refractivity contribution in [2.45, 2.75) is 0 Å². The second-order valence-electron chi connectivity index (χ2n) is 2.58. The molecule has 0 bridgehead atoms. The first kappa shape index (κ1) is 11.5. The number of hydrogen-bond acceptors (Lipinski definition) is 3. The summed E-state index contributed by atoms with van der Waals surface area (Å²) in [5, 5.41) is 2.79. The minimum Gasteiger partial charge on any atom is -0.350 e. The van der Waals surface area contributed by atoms with Crippen LogP contribution < -0.4 is 5.32 Å². The molecule has 0 saturated carbocycles. The van der Waals surface area contributed by atoms with Gasteiger partial charge in [-0.15, -0.1) is 0 Å². The van der Waals surface area contributed by atoms with Crippen LogP contribution >= 0.6 is 27.7 Å². The summed E-state index contributed by atoms with van der Waals surface area (Å²) in [6.45, 7) is 0.670. The summed E-state index contributed by atoms with van der Waals surface area (Å²) >= 11 is 4.97. The Morgan fingerprint density at radius 2 is 2.50 bits per heavy atom. The van der Waals surface area contributed by atoms with Gasteiger partial charge in [-0.25, -0.2) is 4.98 Å². The van der Waals surface area contributed by atoms with Crippen molar-refractivity contribution in [2.24, 2.45) is 0 Å². The highest BCUT2D eigenvalue weighted by Crippen LogP contribution is 2.12. The molecule has 0 saturated heterocycles. The van der Waals surface area contributed by atoms with Crippen LogP contribution in [-0.4, -0.2) is 29.4 Å². The number of amides is 1. The zero-order valence-corrected chi connectivity index (χ0v) is 10.2. The molecule has 5 heteroatoms. The fourth-order valence-electron chi connectivity index (χ4n) is 0.903. The van der Waals surface area contributed by atoms with E-state index in [0.29, 0.717) is 12.2 Å². The first-order valence-corrected chi connectivity index (χ1v) is 6.32. The SMILES string of the molecule is CSCCNC(=O)c1ncccc1Br. The minimum absolute atomic E-state index is 0.133. The highest BCUT2D eigenvalue weighted by atomic mass is 79.9. The van der Waals surface area contributed by atoms with Crippen molar-refractivity contribution in [1.29, 1.82) is 0 Å². The van der Waals surface area contributed by atoms with Crippen LogP contribution in [0.2, 0.25) is 0 Å². The van der Waals surface area contributed by atoms with E-state index in [0.717, 1.165) is 10.2 Å². The number of nitrogens with zero attached hydrogens (tertiary/aromatic N) is 1. The van der Waals surface area contributed by atoms with Crippen LogP contribution in [0.3, 0.4) is 0 Å². The number of halogens is 1. The molecule has 0 unspecified atom stereocenters. The van der Waals surface area contributed by atoms with Gasteiger partial charge in [0.15, 0.2) is 0 Å². The lowest BCUT2D eigenvalue weighted by Crippen LogP contribution is -2.26. The molecule has 1 amide bonds. The Morgan fingerprint density at radius 3 is 3.14 bits per heavy atom. The van der Waals surface area contributed by atoms with Crippen molar-refractivity contribution in [3.63, 3.8) is 0 Å². The molecule has 0 aliphatic rings. The number of carbonyl (C=O) groups excluding carboxylic acids is 1. The molecule has 0 fully saturated rings. The Kier molecular flexibility index (Phi) is 4.97. The fourth-order valence-corrected chi connectivity index (χ4v) is 1.64. The first-order chi connectivity index (χ1) is 6.75. The average molecular weight is 275 g/mol. The van der Waals surface area contributed by atoms with Crippen molar-refractivity contribution in [3.05, 3.63) is 28.5 Å². The number of thioether (sulfide) groups is 1. The Morgan fingerprint density at radius 1 is 1.71 bits per heavy atom. The average Bonchev–Trinajstić information content (AvgIpc) is 2.18. The topological polar surface area (TPSA) is 42.0 Å². The predicted molar refractivity (Wildman–Crippen MR) is 62.7 cm³/mol. The first-order valence-electron chi connectivity index (χ1n) is 4.13. The van der Waals surface area contributed by atoms with Crippen molar-refractivity contribution in [2.75, 3.05) is 18.6 Å². The zero-order valence-electron chi connectivity index (χ0n) is 7.79. The Labute approximate surface area is 95.8 Å². The Hall–Kier alpha value is -0.550. The summed E-state index contributed by atoms with van der Waals surface area (Å²) in [4.78, 5) is 15.5. The Bertz CT molecular complexity index is 319. The van der Waals surface area contributed by atoms with Gasteiger partial charge < -0.3 is 5.32 Å². The standard InChI is InChI=1S/C9H11BrN2OS/c1-14-6-5-12-9(13)8-7(10)3-2-4-11-8/h2-4H,5-6H2,1H3,(H,12,13). The lowest BCUT2D eigenvalue weighted by Gasteiger charge is -2.04. The fraction of sp³-hybridized carbons (Fsp3) is 0.333. The summed E-state index contributed by atoms with van der Waals surface area (Å²) in [6, 6.07) is 3.58. The smallest absolute Gasteiger partial charge is 0.271 e. The molecule has 0 aliphatic carbocycles. The van der Waals surface area contributed by atoms with Gasteiger partial charge in [0.25, 0.3) is 5.91 Å². The lowest BCUT2D eigenvalue weighted by molar-refractivity contribution is 0.0950. The van der Waals surface area contributed by atoms with E-state index in [1.807, 2.05) is 6.26 Å². The van der Waals surface area contributed by atoms with Crippen LogP contribution in [-0.2, 0) is 0 Å². The van der Waals surface area contributed by atoms with Crippen LogP contribution in [0.15, 0.2) is 22.8 Å². The largest absolute Gasteiger partial charge is 0.350 e. The van der Waals surface area contributed by atoms with Gasteiger partial charge >= 0.3 is 0 Å². The summed E-state index contributed by atoms with van der Waals surface area (Å²) in [5.41, 5.74) is 0.439. The molecular weight excluding hydrogens is 264 g/mol. The van der Waals surface area contributed by atoms with Gasteiger partial charge in [0.05, 0.1) is 0 Å². The van der Waals surface area contributed by atoms with E-state index >= 15 is 0 Å². The molecule has 3 nitrogen and oxygen atoms in total. The summed E-state index contributed by atoms with van der Waals surface area (Å²) in [5.74, 6) is 0.780. The molecule has 14 heavy (non-hydrogen) atoms. The van der Waals surface area contributed by atoms with Gasteiger partial charge in [-0.1, -0.05) is 0 Å². The van der Waals surface area contributed by atoms with E-state index < -0.39 is 0 Å². The van der Waals surface area contributed by atoms with Gasteiger partial charge in [-0.2, -0.15) is 11.8 Å². The number of aromatic nitrogens is 1. The molecule has 1 aromatic rings. The number of hydrogen-bond donors (Lipinski definition) is 1. The third-order valence-electron chi connectivity index (χ3n) is 1.57. The second-order valence-corrected chi connectivity index (χ2v) is 4.42. The van der Waals surface area contributed by atoms with Crippen molar-refractivity contribution in [1.82, 2.24) is 10.3 Å². The van der Waals surface area contributed by atoms with Crippen molar-refractivity contribution >= 4 is 33.6 Å². The molecule has 0 radical (unpaired) electrons. The van der Waals surface area contributed by atoms with Crippen LogP contribution in [0.4, 0.5) is 0 Å². The molecular formula is C9H11BrN2OS. The highest BCUT2D eigenvalue weighted by molar-refractivity contribution is 9.10. The van der Waals surface area contributed by atoms with Gasteiger partial charge in [-0.05, 0) is 34.3 Å². The van der Waals surface area contributed by atoms with E-state index in [1.54, 1.807) is 30.1 Å². The molecule has 0 aromatic carbocycles. The molecule has 0 spiro atoms. The third-order valence-corrected chi connectivity index (χ3v) is 2.82. The maximum Gasteiger partial charge on any atom is 0.271 e. The van der Waals surface area contributed by atoms with Crippen LogP contribution in [0.25, 0.3) is 0 Å². The molecule has 1 aromatic heterocycles. The summed E-state index contributed by atoms with van der Waals surface area (Å²) in [6.07, 6.45) is 3.61. The van der Waals surface area contributed by atoms with Gasteiger partial charge in [0.2, 0.25) is 0 Å². The van der Waals surface area contributed by atoms with Crippen molar-refractivity contribution in [3.8, 4) is 0 Å². The molecule has 1 heterocycles. The van der Waals surface area contributed by atoms with Gasteiger partial charge in [0.1, 0.15) is 5.69 Å². The number of pyridine rings is 1. The maximum atomic E-state index is 11.5. The quantitative estimate of drug-likeness (QED) is 0.854. The van der Waals surface area contributed by atoms with E-state index in [9.17, 15) is 4.79 Å². The van der Waals surface area contributed by atoms with Crippen LogP contribution in [0.5, 0.6) is 0 Å². The predicted octanol–water partition coefficient (Wildman–Crippen LogP) is 1.94. The summed E-state index contributed by atoms with van der Waals surface area (Å²) in [7, 11) is 0. The van der Waals surface area contributed by atoms with Crippen LogP contribution in [0.1, 0.15) is 10.5 Å². The monoisotopic (exact) mass is 274 g/mol. The number of rotatable bonds is 4. The minimum atomic E-state index is -0.133. The van der Waals surface area contributed by atoms with Crippen LogP contribution in [0, 0.1) is 0 Å². The number of carbonyl (C=O) groups is 1. The van der Waals surface area contributed by atoms with E-state index in [4.69, 9.17) is 0 Å². The van der Waals surface area contributed by atoms with E-state index in [-0.39, 0.29) is 5.91 Å². The summed E-state index contributed by atoms with van der Waals surface area (Å²) < 4.78 is 0.724. The normalized spacial score (nSPS) is 9.86.